The summed E-state index contributed by atoms with van der Waals surface area (Å²) in [6.45, 7) is 5.71. The van der Waals surface area contributed by atoms with Crippen LogP contribution < -0.4 is 15.0 Å². The number of methoxy groups -OCH3 is 1. The maximum atomic E-state index is 13.6. The first kappa shape index (κ1) is 21.7. The summed E-state index contributed by atoms with van der Waals surface area (Å²) in [7, 11) is 1.56. The summed E-state index contributed by atoms with van der Waals surface area (Å²) in [6, 6.07) is 18.3. The van der Waals surface area contributed by atoms with Gasteiger partial charge >= 0.3 is 0 Å². The Bertz CT molecular complexity index is 1260. The fraction of sp³-hybridized carbons (Fsp3) is 0.154. The van der Waals surface area contributed by atoms with Crippen molar-refractivity contribution in [1.82, 2.24) is 0 Å². The Hall–Kier alpha value is -3.57. The molecule has 0 bridgehead atoms. The largest absolute Gasteiger partial charge is 0.495 e. The third-order valence-corrected chi connectivity index (χ3v) is 5.93. The summed E-state index contributed by atoms with van der Waals surface area (Å²) in [5.41, 5.74) is 4.94. The first-order valence-corrected chi connectivity index (χ1v) is 10.6. The monoisotopic (exact) mass is 446 g/mol. The Morgan fingerprint density at radius 1 is 0.875 bits per heavy atom. The third kappa shape index (κ3) is 3.76. The zero-order valence-electron chi connectivity index (χ0n) is 18.3. The van der Waals surface area contributed by atoms with E-state index in [4.69, 9.17) is 16.3 Å². The zero-order chi connectivity index (χ0) is 23.0. The minimum absolute atomic E-state index is 0.196. The summed E-state index contributed by atoms with van der Waals surface area (Å²) in [6.07, 6.45) is 0. The summed E-state index contributed by atoms with van der Waals surface area (Å²) in [5, 5.41) is 3.68. The number of carbonyl (C=O) groups excluding carboxylic acids is 2. The predicted molar refractivity (Wildman–Crippen MR) is 128 cm³/mol. The van der Waals surface area contributed by atoms with E-state index in [2.05, 4.69) is 5.32 Å². The highest BCUT2D eigenvalue weighted by atomic mass is 35.5. The molecule has 3 aromatic carbocycles. The molecule has 5 nitrogen and oxygen atoms in total. The molecule has 3 aromatic rings. The molecule has 0 aliphatic carbocycles. The van der Waals surface area contributed by atoms with Crippen molar-refractivity contribution in [3.8, 4) is 5.75 Å². The number of aryl methyl sites for hydroxylation is 2. The number of carbonyl (C=O) groups is 2. The number of ether oxygens (including phenoxy) is 1. The van der Waals surface area contributed by atoms with Crippen molar-refractivity contribution in [3.05, 3.63) is 93.6 Å². The molecular formula is C26H23ClN2O3. The van der Waals surface area contributed by atoms with Crippen LogP contribution in [0.3, 0.4) is 0 Å². The molecule has 1 aliphatic heterocycles. The van der Waals surface area contributed by atoms with Gasteiger partial charge in [-0.05, 0) is 61.7 Å². The average Bonchev–Trinajstić information content (AvgIpc) is 3.01. The van der Waals surface area contributed by atoms with Crippen molar-refractivity contribution >= 4 is 40.4 Å². The summed E-state index contributed by atoms with van der Waals surface area (Å²) < 4.78 is 5.46. The van der Waals surface area contributed by atoms with Gasteiger partial charge in [0.25, 0.3) is 11.8 Å². The Balaban J connectivity index is 1.88. The van der Waals surface area contributed by atoms with E-state index in [1.807, 2.05) is 56.3 Å². The van der Waals surface area contributed by atoms with Crippen LogP contribution in [0.1, 0.15) is 22.3 Å². The molecule has 0 saturated carbocycles. The Morgan fingerprint density at radius 3 is 2.25 bits per heavy atom. The van der Waals surface area contributed by atoms with E-state index >= 15 is 0 Å². The Kier molecular flexibility index (Phi) is 5.76. The van der Waals surface area contributed by atoms with E-state index in [1.54, 1.807) is 32.2 Å². The molecule has 0 fully saturated rings. The number of rotatable bonds is 5. The van der Waals surface area contributed by atoms with Crippen LogP contribution >= 0.6 is 11.6 Å². The van der Waals surface area contributed by atoms with Gasteiger partial charge in [0.1, 0.15) is 11.4 Å². The molecule has 1 N–H and O–H groups in total. The number of hydrogen-bond donors (Lipinski definition) is 1. The zero-order valence-corrected chi connectivity index (χ0v) is 19.1. The van der Waals surface area contributed by atoms with Gasteiger partial charge in [-0.2, -0.15) is 0 Å². The van der Waals surface area contributed by atoms with Gasteiger partial charge < -0.3 is 10.1 Å². The SMILES string of the molecule is COc1ccc(C)cc1NC1=C(c2ccc(C)cc2)C(=O)N(c2cccc(Cl)c2C)C1=O. The van der Waals surface area contributed by atoms with Gasteiger partial charge in [-0.15, -0.1) is 0 Å². The van der Waals surface area contributed by atoms with Crippen LogP contribution in [0.15, 0.2) is 66.4 Å². The van der Waals surface area contributed by atoms with Crippen LogP contribution in [0.2, 0.25) is 5.02 Å². The lowest BCUT2D eigenvalue weighted by Gasteiger charge is -2.18. The van der Waals surface area contributed by atoms with Crippen molar-refractivity contribution in [2.75, 3.05) is 17.3 Å². The molecule has 0 saturated heterocycles. The number of nitrogens with one attached hydrogen (secondary N) is 1. The van der Waals surface area contributed by atoms with Gasteiger partial charge in [-0.3, -0.25) is 9.59 Å². The molecule has 1 heterocycles. The van der Waals surface area contributed by atoms with E-state index < -0.39 is 11.8 Å². The van der Waals surface area contributed by atoms with E-state index in [0.717, 1.165) is 11.1 Å². The molecule has 0 radical (unpaired) electrons. The van der Waals surface area contributed by atoms with Gasteiger partial charge in [0.15, 0.2) is 0 Å². The van der Waals surface area contributed by atoms with Gasteiger partial charge in [-0.25, -0.2) is 4.90 Å². The second-order valence-corrected chi connectivity index (χ2v) is 8.18. The lowest BCUT2D eigenvalue weighted by Crippen LogP contribution is -2.33. The molecule has 2 amide bonds. The minimum Gasteiger partial charge on any atom is -0.495 e. The summed E-state index contributed by atoms with van der Waals surface area (Å²) in [5.74, 6) is -0.276. The topological polar surface area (TPSA) is 58.6 Å². The number of anilines is 2. The van der Waals surface area contributed by atoms with Crippen LogP contribution in [0.4, 0.5) is 11.4 Å². The molecule has 6 heteroatoms. The molecule has 1 aliphatic rings. The Labute approximate surface area is 192 Å². The average molecular weight is 447 g/mol. The van der Waals surface area contributed by atoms with Gasteiger partial charge in [-0.1, -0.05) is 53.6 Å². The first-order valence-electron chi connectivity index (χ1n) is 10.2. The number of nitrogens with zero attached hydrogens (tertiary/aromatic N) is 1. The van der Waals surface area contributed by atoms with E-state index in [1.165, 1.54) is 4.90 Å². The van der Waals surface area contributed by atoms with E-state index in [-0.39, 0.29) is 5.70 Å². The van der Waals surface area contributed by atoms with Gasteiger partial charge in [0.2, 0.25) is 0 Å². The van der Waals surface area contributed by atoms with Crippen LogP contribution in [-0.2, 0) is 9.59 Å². The smallest absolute Gasteiger partial charge is 0.282 e. The standard InChI is InChI=1S/C26H23ClN2O3/c1-15-8-11-18(12-9-15)23-24(28-20-14-16(2)10-13-22(20)32-4)26(31)29(25(23)30)21-7-5-6-19(27)17(21)3/h5-14,28H,1-4H3. The normalized spacial score (nSPS) is 13.7. The molecule has 0 spiro atoms. The molecule has 0 aromatic heterocycles. The van der Waals surface area contributed by atoms with Crippen molar-refractivity contribution in [1.29, 1.82) is 0 Å². The second kappa shape index (κ2) is 8.52. The lowest BCUT2D eigenvalue weighted by atomic mass is 10.0. The third-order valence-electron chi connectivity index (χ3n) is 5.52. The quantitative estimate of drug-likeness (QED) is 0.513. The van der Waals surface area contributed by atoms with Gasteiger partial charge in [0.05, 0.1) is 24.1 Å². The fourth-order valence-corrected chi connectivity index (χ4v) is 3.91. The van der Waals surface area contributed by atoms with Crippen LogP contribution in [0.5, 0.6) is 5.75 Å². The highest BCUT2D eigenvalue weighted by molar-refractivity contribution is 6.46. The van der Waals surface area contributed by atoms with Crippen LogP contribution in [0, 0.1) is 20.8 Å². The highest BCUT2D eigenvalue weighted by Crippen LogP contribution is 2.38. The Morgan fingerprint density at radius 2 is 1.56 bits per heavy atom. The maximum absolute atomic E-state index is 13.6. The van der Waals surface area contributed by atoms with Crippen LogP contribution in [-0.4, -0.2) is 18.9 Å². The predicted octanol–water partition coefficient (Wildman–Crippen LogP) is 5.67. The number of amides is 2. The van der Waals surface area contributed by atoms with Crippen molar-refractivity contribution < 1.29 is 14.3 Å². The maximum Gasteiger partial charge on any atom is 0.282 e. The number of halogens is 1. The molecular weight excluding hydrogens is 424 g/mol. The summed E-state index contributed by atoms with van der Waals surface area (Å²) >= 11 is 6.29. The van der Waals surface area contributed by atoms with Crippen LogP contribution in [0.25, 0.3) is 5.57 Å². The summed E-state index contributed by atoms with van der Waals surface area (Å²) in [4.78, 5) is 28.4. The van der Waals surface area contributed by atoms with E-state index in [0.29, 0.717) is 38.8 Å². The van der Waals surface area contributed by atoms with Crippen molar-refractivity contribution in [2.24, 2.45) is 0 Å². The minimum atomic E-state index is -0.445. The highest BCUT2D eigenvalue weighted by Gasteiger charge is 2.41. The number of benzene rings is 3. The molecule has 0 unspecified atom stereocenters. The number of hydrogen-bond acceptors (Lipinski definition) is 4. The van der Waals surface area contributed by atoms with Gasteiger partial charge in [0, 0.05) is 5.02 Å². The fourth-order valence-electron chi connectivity index (χ4n) is 3.75. The number of imide groups is 1. The molecule has 162 valence electrons. The lowest BCUT2D eigenvalue weighted by molar-refractivity contribution is -0.120. The molecule has 0 atom stereocenters. The first-order chi connectivity index (χ1) is 15.3. The molecule has 32 heavy (non-hydrogen) atoms. The second-order valence-electron chi connectivity index (χ2n) is 7.77. The van der Waals surface area contributed by atoms with Crippen molar-refractivity contribution in [3.63, 3.8) is 0 Å². The van der Waals surface area contributed by atoms with Crippen molar-refractivity contribution in [2.45, 2.75) is 20.8 Å². The molecule has 4 rings (SSSR count). The van der Waals surface area contributed by atoms with E-state index in [9.17, 15) is 9.59 Å².